The number of esters is 1. The number of fused-ring (bicyclic) bond motifs is 2. The first-order chi connectivity index (χ1) is 23.7. The molecule has 49 heavy (non-hydrogen) atoms. The van der Waals surface area contributed by atoms with Crippen molar-refractivity contribution < 1.29 is 47.6 Å². The van der Waals surface area contributed by atoms with E-state index in [1.54, 1.807) is 54.6 Å². The Labute approximate surface area is 284 Å². The number of Topliss-reactive ketones (excluding diaryl/α,β-unsaturated/α-hetero) is 1. The number of hydrogen-bond acceptors (Lipinski definition) is 10. The quantitative estimate of drug-likeness (QED) is 0.254. The van der Waals surface area contributed by atoms with Crippen LogP contribution in [-0.2, 0) is 24.7 Å². The molecule has 2 amide bonds. The number of amides is 2. The van der Waals surface area contributed by atoms with E-state index in [4.69, 9.17) is 28.4 Å². The number of methoxy groups -OCH3 is 3. The summed E-state index contributed by atoms with van der Waals surface area (Å²) in [4.78, 5) is 59.5. The maximum Gasteiger partial charge on any atom is 0.355 e. The van der Waals surface area contributed by atoms with E-state index < -0.39 is 41.3 Å². The molecule has 12 nitrogen and oxygen atoms in total. The second kappa shape index (κ2) is 13.7. The largest absolute Gasteiger partial charge is 0.497 e. The Hall–Kier alpha value is -5.26. The average Bonchev–Trinajstić information content (AvgIpc) is 3.78. The summed E-state index contributed by atoms with van der Waals surface area (Å²) in [5, 5.41) is 3.02. The number of nitrogens with one attached hydrogen (secondary N) is 1. The van der Waals surface area contributed by atoms with E-state index in [2.05, 4.69) is 5.32 Å². The normalized spacial score (nSPS) is 23.1. The van der Waals surface area contributed by atoms with Gasteiger partial charge in [0.15, 0.2) is 17.3 Å². The fourth-order valence-electron chi connectivity index (χ4n) is 6.99. The van der Waals surface area contributed by atoms with Gasteiger partial charge in [-0.15, -0.1) is 0 Å². The summed E-state index contributed by atoms with van der Waals surface area (Å²) in [6.45, 7) is 3.89. The molecule has 3 aromatic carbocycles. The zero-order valence-electron chi connectivity index (χ0n) is 28.1. The van der Waals surface area contributed by atoms with Crippen LogP contribution >= 0.6 is 0 Å². The van der Waals surface area contributed by atoms with Gasteiger partial charge < -0.3 is 38.6 Å². The number of rotatable bonds is 9. The first kappa shape index (κ1) is 33.6. The number of carbonyl (C=O) groups is 4. The van der Waals surface area contributed by atoms with Crippen molar-refractivity contribution in [2.24, 2.45) is 11.8 Å². The maximum atomic E-state index is 15.2. The van der Waals surface area contributed by atoms with Gasteiger partial charge in [-0.2, -0.15) is 0 Å². The predicted molar refractivity (Wildman–Crippen MR) is 176 cm³/mol. The van der Waals surface area contributed by atoms with E-state index in [-0.39, 0.29) is 53.7 Å². The zero-order chi connectivity index (χ0) is 34.9. The van der Waals surface area contributed by atoms with E-state index in [1.807, 2.05) is 13.8 Å². The van der Waals surface area contributed by atoms with Gasteiger partial charge in [-0.25, -0.2) is 4.79 Å². The summed E-state index contributed by atoms with van der Waals surface area (Å²) in [5.41, 5.74) is -1.39. The van der Waals surface area contributed by atoms with Gasteiger partial charge in [0.25, 0.3) is 0 Å². The Bertz CT molecular complexity index is 1740. The molecule has 0 spiro atoms. The molecule has 1 saturated heterocycles. The van der Waals surface area contributed by atoms with Crippen LogP contribution in [0.15, 0.2) is 60.7 Å². The molecule has 0 aromatic heterocycles. The Morgan fingerprint density at radius 2 is 1.73 bits per heavy atom. The van der Waals surface area contributed by atoms with Crippen molar-refractivity contribution in [3.05, 3.63) is 77.4 Å². The minimum Gasteiger partial charge on any atom is -0.497 e. The molecular formula is C37H40N2O10. The van der Waals surface area contributed by atoms with Gasteiger partial charge in [0.05, 0.1) is 27.2 Å². The summed E-state index contributed by atoms with van der Waals surface area (Å²) in [5.74, 6) is -4.47. The Morgan fingerprint density at radius 1 is 1.00 bits per heavy atom. The Balaban J connectivity index is 1.64. The van der Waals surface area contributed by atoms with Crippen LogP contribution in [0, 0.1) is 11.8 Å². The molecule has 0 saturated carbocycles. The standard InChI is InChI=1S/C37H40N2O10/c1-6-21(2)34(41)38-27-13-10-18-39(27)35(42)29-30(22-11-8-7-9-12-22)37(36(43)46-5,23-14-16-24(44-3)17-15-23)49-25-19-26-32(48-20-47-26)33(45-4)28(25)31(29)40/h7-9,11-12,14-17,19,21,27,29-30H,6,10,13,18,20H2,1-5H3,(H,38,41). The van der Waals surface area contributed by atoms with Crippen molar-refractivity contribution in [3.63, 3.8) is 0 Å². The monoisotopic (exact) mass is 672 g/mol. The molecule has 1 fully saturated rings. The zero-order valence-corrected chi connectivity index (χ0v) is 28.1. The lowest BCUT2D eigenvalue weighted by atomic mass is 9.68. The van der Waals surface area contributed by atoms with Gasteiger partial charge in [0.1, 0.15) is 29.1 Å². The Kier molecular flexibility index (Phi) is 9.40. The molecule has 0 radical (unpaired) electrons. The summed E-state index contributed by atoms with van der Waals surface area (Å²) in [6, 6.07) is 16.9. The molecular weight excluding hydrogens is 632 g/mol. The molecule has 5 unspecified atom stereocenters. The summed E-state index contributed by atoms with van der Waals surface area (Å²) < 4.78 is 34.9. The minimum absolute atomic E-state index is 0.0121. The second-order valence-corrected chi connectivity index (χ2v) is 12.3. The van der Waals surface area contributed by atoms with Gasteiger partial charge in [-0.05, 0) is 37.0 Å². The topological polar surface area (TPSA) is 139 Å². The summed E-state index contributed by atoms with van der Waals surface area (Å²) in [6.07, 6.45) is 1.07. The fourth-order valence-corrected chi connectivity index (χ4v) is 6.99. The summed E-state index contributed by atoms with van der Waals surface area (Å²) >= 11 is 0. The molecule has 3 aliphatic rings. The highest BCUT2D eigenvalue weighted by atomic mass is 16.7. The maximum absolute atomic E-state index is 15.2. The highest BCUT2D eigenvalue weighted by Crippen LogP contribution is 2.56. The van der Waals surface area contributed by atoms with E-state index in [0.717, 1.165) is 0 Å². The molecule has 5 atom stereocenters. The van der Waals surface area contributed by atoms with Crippen LogP contribution < -0.4 is 29.0 Å². The molecule has 258 valence electrons. The third-order valence-electron chi connectivity index (χ3n) is 9.70. The van der Waals surface area contributed by atoms with Gasteiger partial charge >= 0.3 is 5.97 Å². The number of nitrogens with zero attached hydrogens (tertiary/aromatic N) is 1. The molecule has 3 heterocycles. The van der Waals surface area contributed by atoms with Gasteiger partial charge in [-0.3, -0.25) is 14.4 Å². The molecule has 1 N–H and O–H groups in total. The van der Waals surface area contributed by atoms with Crippen LogP contribution in [0.1, 0.15) is 60.5 Å². The van der Waals surface area contributed by atoms with Gasteiger partial charge in [-0.1, -0.05) is 56.3 Å². The molecule has 0 aliphatic carbocycles. The highest BCUT2D eigenvalue weighted by Gasteiger charge is 2.62. The van der Waals surface area contributed by atoms with E-state index in [1.165, 1.54) is 32.3 Å². The van der Waals surface area contributed by atoms with Crippen LogP contribution in [0.25, 0.3) is 0 Å². The van der Waals surface area contributed by atoms with Crippen molar-refractivity contribution in [2.75, 3.05) is 34.7 Å². The number of ether oxygens (including phenoxy) is 6. The number of benzene rings is 3. The Morgan fingerprint density at radius 3 is 2.39 bits per heavy atom. The smallest absolute Gasteiger partial charge is 0.355 e. The third kappa shape index (κ3) is 5.68. The lowest BCUT2D eigenvalue weighted by molar-refractivity contribution is -0.165. The van der Waals surface area contributed by atoms with Crippen LogP contribution in [0.4, 0.5) is 0 Å². The number of carbonyl (C=O) groups excluding carboxylic acids is 4. The lowest BCUT2D eigenvalue weighted by Crippen LogP contribution is -2.56. The summed E-state index contributed by atoms with van der Waals surface area (Å²) in [7, 11) is 4.12. The van der Waals surface area contributed by atoms with Crippen molar-refractivity contribution in [1.82, 2.24) is 10.2 Å². The van der Waals surface area contributed by atoms with Gasteiger partial charge in [0.2, 0.25) is 30.0 Å². The number of ketones is 1. The highest BCUT2D eigenvalue weighted by molar-refractivity contribution is 6.15. The van der Waals surface area contributed by atoms with Crippen LogP contribution in [0.2, 0.25) is 0 Å². The van der Waals surface area contributed by atoms with Crippen LogP contribution in [0.5, 0.6) is 28.7 Å². The lowest BCUT2D eigenvalue weighted by Gasteiger charge is -2.41. The molecule has 6 rings (SSSR count). The van der Waals surface area contributed by atoms with E-state index in [0.29, 0.717) is 36.1 Å². The first-order valence-corrected chi connectivity index (χ1v) is 16.3. The van der Waals surface area contributed by atoms with Crippen LogP contribution in [0.3, 0.4) is 0 Å². The molecule has 3 aliphatic heterocycles. The van der Waals surface area contributed by atoms with Crippen LogP contribution in [-0.4, -0.2) is 69.3 Å². The predicted octanol–water partition coefficient (Wildman–Crippen LogP) is 4.59. The van der Waals surface area contributed by atoms with Crippen molar-refractivity contribution >= 4 is 23.6 Å². The molecule has 0 bridgehead atoms. The second-order valence-electron chi connectivity index (χ2n) is 12.3. The number of hydrogen-bond donors (Lipinski definition) is 1. The fraction of sp³-hybridized carbons (Fsp3) is 0.405. The minimum atomic E-state index is -2.10. The third-order valence-corrected chi connectivity index (χ3v) is 9.70. The SMILES string of the molecule is CCC(C)C(=O)NC1CCCN1C(=O)C1C(=O)c2c(cc3c(c2OC)OCO3)OC(C(=O)OC)(c2ccc(OC)cc2)C1c1ccccc1. The first-order valence-electron chi connectivity index (χ1n) is 16.3. The van der Waals surface area contributed by atoms with Crippen molar-refractivity contribution in [2.45, 2.75) is 50.8 Å². The van der Waals surface area contributed by atoms with E-state index in [9.17, 15) is 9.59 Å². The van der Waals surface area contributed by atoms with Gasteiger partial charge in [0, 0.05) is 24.1 Å². The van der Waals surface area contributed by atoms with Crippen molar-refractivity contribution in [1.29, 1.82) is 0 Å². The van der Waals surface area contributed by atoms with Crippen molar-refractivity contribution in [3.8, 4) is 28.7 Å². The molecule has 12 heteroatoms. The van der Waals surface area contributed by atoms with E-state index >= 15 is 9.59 Å². The average molecular weight is 673 g/mol. The molecule has 3 aromatic rings. The number of likely N-dealkylation sites (tertiary alicyclic amines) is 1.